The summed E-state index contributed by atoms with van der Waals surface area (Å²) >= 11 is 0. The number of amides is 1. The van der Waals surface area contributed by atoms with Gasteiger partial charge in [-0.3, -0.25) is 10.1 Å². The smallest absolute Gasteiger partial charge is 0.227 e. The zero-order valence-corrected chi connectivity index (χ0v) is 13.9. The molecule has 0 fully saturated rings. The second kappa shape index (κ2) is 7.42. The van der Waals surface area contributed by atoms with Crippen LogP contribution >= 0.6 is 0 Å². The zero-order valence-electron chi connectivity index (χ0n) is 13.9. The standard InChI is InChI=1S/C19H19F2N3O/c1-2-11-24-17-6-4-3-5-16(17)22-19(24)23-18(25)10-7-13-12-14(20)8-9-15(13)21/h3-6,8-9,12H,2,7,10-11H2,1H3,(H,22,23,25). The Morgan fingerprint density at radius 1 is 1.20 bits per heavy atom. The van der Waals surface area contributed by atoms with E-state index < -0.39 is 11.6 Å². The van der Waals surface area contributed by atoms with Crippen molar-refractivity contribution in [1.82, 2.24) is 9.55 Å². The van der Waals surface area contributed by atoms with Gasteiger partial charge in [-0.1, -0.05) is 19.1 Å². The average molecular weight is 343 g/mol. The molecular weight excluding hydrogens is 324 g/mol. The van der Waals surface area contributed by atoms with Gasteiger partial charge in [0.2, 0.25) is 11.9 Å². The Bertz CT molecular complexity index is 905. The van der Waals surface area contributed by atoms with Crippen molar-refractivity contribution in [3.63, 3.8) is 0 Å². The highest BCUT2D eigenvalue weighted by molar-refractivity contribution is 5.91. The number of halogens is 2. The van der Waals surface area contributed by atoms with Crippen molar-refractivity contribution in [3.05, 3.63) is 59.7 Å². The molecule has 0 saturated heterocycles. The summed E-state index contributed by atoms with van der Waals surface area (Å²) in [6.45, 7) is 2.78. The molecule has 3 aromatic rings. The highest BCUT2D eigenvalue weighted by Gasteiger charge is 2.13. The van der Waals surface area contributed by atoms with Crippen LogP contribution in [0, 0.1) is 11.6 Å². The summed E-state index contributed by atoms with van der Waals surface area (Å²) in [6, 6.07) is 10.9. The molecule has 0 spiro atoms. The first-order valence-electron chi connectivity index (χ1n) is 8.27. The van der Waals surface area contributed by atoms with E-state index in [4.69, 9.17) is 0 Å². The quantitative estimate of drug-likeness (QED) is 0.725. The van der Waals surface area contributed by atoms with E-state index in [9.17, 15) is 13.6 Å². The number of fused-ring (bicyclic) bond motifs is 1. The van der Waals surface area contributed by atoms with Gasteiger partial charge in [0.05, 0.1) is 11.0 Å². The predicted octanol–water partition coefficient (Wildman–Crippen LogP) is 4.30. The van der Waals surface area contributed by atoms with Crippen LogP contribution in [0.3, 0.4) is 0 Å². The number of rotatable bonds is 6. The van der Waals surface area contributed by atoms with E-state index in [2.05, 4.69) is 10.3 Å². The fraction of sp³-hybridized carbons (Fsp3) is 0.263. The Hall–Kier alpha value is -2.76. The summed E-state index contributed by atoms with van der Waals surface area (Å²) < 4.78 is 28.8. The number of benzene rings is 2. The molecule has 4 nitrogen and oxygen atoms in total. The van der Waals surface area contributed by atoms with Crippen LogP contribution in [0.2, 0.25) is 0 Å². The molecule has 0 aliphatic carbocycles. The van der Waals surface area contributed by atoms with Crippen molar-refractivity contribution in [3.8, 4) is 0 Å². The molecule has 2 aromatic carbocycles. The van der Waals surface area contributed by atoms with Gasteiger partial charge in [-0.25, -0.2) is 13.8 Å². The summed E-state index contributed by atoms with van der Waals surface area (Å²) in [5.41, 5.74) is 1.95. The molecule has 0 saturated carbocycles. The molecule has 1 N–H and O–H groups in total. The summed E-state index contributed by atoms with van der Waals surface area (Å²) in [7, 11) is 0. The molecule has 0 unspecified atom stereocenters. The van der Waals surface area contributed by atoms with Gasteiger partial charge in [0.1, 0.15) is 11.6 Å². The Morgan fingerprint density at radius 2 is 2.00 bits per heavy atom. The first-order valence-corrected chi connectivity index (χ1v) is 8.27. The van der Waals surface area contributed by atoms with Gasteiger partial charge in [-0.2, -0.15) is 0 Å². The topological polar surface area (TPSA) is 46.9 Å². The van der Waals surface area contributed by atoms with E-state index >= 15 is 0 Å². The van der Waals surface area contributed by atoms with Gasteiger partial charge in [-0.15, -0.1) is 0 Å². The first-order chi connectivity index (χ1) is 12.1. The van der Waals surface area contributed by atoms with E-state index in [-0.39, 0.29) is 24.3 Å². The van der Waals surface area contributed by atoms with Crippen molar-refractivity contribution in [2.24, 2.45) is 0 Å². The Balaban J connectivity index is 1.73. The summed E-state index contributed by atoms with van der Waals surface area (Å²) in [5, 5.41) is 2.79. The number of aromatic nitrogens is 2. The van der Waals surface area contributed by atoms with Crippen LogP contribution in [0.1, 0.15) is 25.3 Å². The normalized spacial score (nSPS) is 11.0. The fourth-order valence-electron chi connectivity index (χ4n) is 2.79. The molecule has 1 amide bonds. The molecule has 0 aliphatic heterocycles. The summed E-state index contributed by atoms with van der Waals surface area (Å²) in [5.74, 6) is -0.821. The largest absolute Gasteiger partial charge is 0.310 e. The van der Waals surface area contributed by atoms with E-state index in [1.165, 1.54) is 0 Å². The number of carbonyl (C=O) groups is 1. The van der Waals surface area contributed by atoms with Crippen LogP contribution in [-0.2, 0) is 17.8 Å². The highest BCUT2D eigenvalue weighted by Crippen LogP contribution is 2.20. The van der Waals surface area contributed by atoms with Crippen molar-refractivity contribution >= 4 is 22.9 Å². The van der Waals surface area contributed by atoms with Crippen molar-refractivity contribution in [1.29, 1.82) is 0 Å². The fourth-order valence-corrected chi connectivity index (χ4v) is 2.79. The lowest BCUT2D eigenvalue weighted by Crippen LogP contribution is -2.16. The van der Waals surface area contributed by atoms with Crippen LogP contribution in [-0.4, -0.2) is 15.5 Å². The third-order valence-electron chi connectivity index (χ3n) is 3.98. The predicted molar refractivity (Wildman–Crippen MR) is 93.3 cm³/mol. The van der Waals surface area contributed by atoms with Crippen molar-refractivity contribution in [2.75, 3.05) is 5.32 Å². The number of nitrogens with one attached hydrogen (secondary N) is 1. The minimum absolute atomic E-state index is 0.0513. The van der Waals surface area contributed by atoms with Crippen LogP contribution < -0.4 is 5.32 Å². The Labute approximate surface area is 144 Å². The molecule has 1 heterocycles. The number of para-hydroxylation sites is 2. The zero-order chi connectivity index (χ0) is 17.8. The van der Waals surface area contributed by atoms with Crippen molar-refractivity contribution < 1.29 is 13.6 Å². The average Bonchev–Trinajstić information content (AvgIpc) is 2.93. The van der Waals surface area contributed by atoms with Crippen LogP contribution in [0.15, 0.2) is 42.5 Å². The number of hydrogen-bond donors (Lipinski definition) is 1. The Morgan fingerprint density at radius 3 is 2.80 bits per heavy atom. The molecule has 3 rings (SSSR count). The third-order valence-corrected chi connectivity index (χ3v) is 3.98. The number of nitrogens with zero attached hydrogens (tertiary/aromatic N) is 2. The van der Waals surface area contributed by atoms with E-state index in [1.807, 2.05) is 35.8 Å². The maximum absolute atomic E-state index is 13.6. The lowest BCUT2D eigenvalue weighted by molar-refractivity contribution is -0.116. The van der Waals surface area contributed by atoms with Crippen LogP contribution in [0.4, 0.5) is 14.7 Å². The minimum Gasteiger partial charge on any atom is -0.310 e. The lowest BCUT2D eigenvalue weighted by atomic mass is 10.1. The first kappa shape index (κ1) is 17.1. The monoisotopic (exact) mass is 343 g/mol. The summed E-state index contributed by atoms with van der Waals surface area (Å²) in [4.78, 5) is 16.7. The molecule has 25 heavy (non-hydrogen) atoms. The molecule has 0 aliphatic rings. The van der Waals surface area contributed by atoms with Gasteiger partial charge in [0.15, 0.2) is 0 Å². The lowest BCUT2D eigenvalue weighted by Gasteiger charge is -2.09. The van der Waals surface area contributed by atoms with Gasteiger partial charge in [0, 0.05) is 13.0 Å². The SMILES string of the molecule is CCCn1c(NC(=O)CCc2cc(F)ccc2F)nc2ccccc21. The maximum Gasteiger partial charge on any atom is 0.227 e. The van der Waals surface area contributed by atoms with E-state index in [1.54, 1.807) is 0 Å². The number of carbonyl (C=O) groups excluding carboxylic acids is 1. The number of anilines is 1. The van der Waals surface area contributed by atoms with Gasteiger partial charge in [0.25, 0.3) is 0 Å². The van der Waals surface area contributed by atoms with E-state index in [0.29, 0.717) is 5.95 Å². The van der Waals surface area contributed by atoms with Crippen LogP contribution in [0.5, 0.6) is 0 Å². The molecule has 0 atom stereocenters. The maximum atomic E-state index is 13.6. The second-order valence-corrected chi connectivity index (χ2v) is 5.86. The van der Waals surface area contributed by atoms with Crippen LogP contribution in [0.25, 0.3) is 11.0 Å². The van der Waals surface area contributed by atoms with Gasteiger partial charge in [-0.05, 0) is 48.7 Å². The number of aryl methyl sites for hydroxylation is 2. The van der Waals surface area contributed by atoms with Gasteiger partial charge >= 0.3 is 0 Å². The van der Waals surface area contributed by atoms with Gasteiger partial charge < -0.3 is 4.57 Å². The third kappa shape index (κ3) is 3.84. The molecule has 0 radical (unpaired) electrons. The highest BCUT2D eigenvalue weighted by atomic mass is 19.1. The molecular formula is C19H19F2N3O. The van der Waals surface area contributed by atoms with E-state index in [0.717, 1.165) is 42.2 Å². The number of hydrogen-bond acceptors (Lipinski definition) is 2. The molecule has 0 bridgehead atoms. The molecule has 1 aromatic heterocycles. The number of imidazole rings is 1. The van der Waals surface area contributed by atoms with Crippen molar-refractivity contribution in [2.45, 2.75) is 32.7 Å². The second-order valence-electron chi connectivity index (χ2n) is 5.86. The minimum atomic E-state index is -0.512. The Kier molecular flexibility index (Phi) is 5.07. The molecule has 6 heteroatoms. The summed E-state index contributed by atoms with van der Waals surface area (Å²) in [6.07, 6.45) is 1.08. The molecule has 130 valence electrons.